The minimum atomic E-state index is -0.158. The van der Waals surface area contributed by atoms with E-state index in [-0.39, 0.29) is 18.9 Å². The van der Waals surface area contributed by atoms with E-state index in [2.05, 4.69) is 12.1 Å². The van der Waals surface area contributed by atoms with Crippen molar-refractivity contribution in [2.24, 2.45) is 0 Å². The van der Waals surface area contributed by atoms with E-state index in [0.29, 0.717) is 18.0 Å². The van der Waals surface area contributed by atoms with E-state index in [1.807, 2.05) is 78.9 Å². The molecule has 0 saturated heterocycles. The van der Waals surface area contributed by atoms with Crippen molar-refractivity contribution in [1.82, 2.24) is 4.98 Å². The van der Waals surface area contributed by atoms with Crippen molar-refractivity contribution in [2.75, 3.05) is 25.2 Å². The summed E-state index contributed by atoms with van der Waals surface area (Å²) in [6.45, 7) is 0.296. The smallest absolute Gasteiger partial charge is 0.265 e. The molecule has 0 bridgehead atoms. The van der Waals surface area contributed by atoms with Crippen LogP contribution in [0, 0.1) is 11.3 Å². The first-order valence-electron chi connectivity index (χ1n) is 11.3. The van der Waals surface area contributed by atoms with E-state index in [0.717, 1.165) is 39.4 Å². The molecule has 4 aromatic rings. The largest absolute Gasteiger partial charge is 0.497 e. The Hall–Kier alpha value is -4.63. The zero-order valence-corrected chi connectivity index (χ0v) is 19.3. The Labute approximate surface area is 204 Å². The van der Waals surface area contributed by atoms with Crippen LogP contribution in [0.2, 0.25) is 0 Å². The predicted octanol–water partition coefficient (Wildman–Crippen LogP) is 5.73. The molecule has 0 fully saturated rings. The highest BCUT2D eigenvalue weighted by molar-refractivity contribution is 5.98. The number of aromatic nitrogens is 1. The number of pyridine rings is 1. The first kappa shape index (κ1) is 22.2. The van der Waals surface area contributed by atoms with Crippen LogP contribution in [0.1, 0.15) is 6.42 Å². The Balaban J connectivity index is 1.63. The van der Waals surface area contributed by atoms with Gasteiger partial charge in [0.2, 0.25) is 0 Å². The quantitative estimate of drug-likeness (QED) is 0.367. The second-order valence-electron chi connectivity index (χ2n) is 8.15. The fraction of sp³-hybridized carbons (Fsp3) is 0.138. The fourth-order valence-corrected chi connectivity index (χ4v) is 4.15. The maximum Gasteiger partial charge on any atom is 0.265 e. The minimum Gasteiger partial charge on any atom is -0.497 e. The molecule has 1 amide bonds. The molecule has 1 aliphatic rings. The van der Waals surface area contributed by atoms with Gasteiger partial charge in [-0.2, -0.15) is 5.26 Å². The molecule has 0 aliphatic carbocycles. The SMILES string of the molecule is COc1ccc(-c2cc(-c3ccccc3)nc(-c3ccc4c(c3)N(CCC#N)C(=O)CO4)c2)cc1. The van der Waals surface area contributed by atoms with E-state index in [9.17, 15) is 4.79 Å². The van der Waals surface area contributed by atoms with Gasteiger partial charge in [-0.1, -0.05) is 42.5 Å². The first-order chi connectivity index (χ1) is 17.2. The lowest BCUT2D eigenvalue weighted by atomic mass is 9.99. The molecule has 0 atom stereocenters. The van der Waals surface area contributed by atoms with Crippen molar-refractivity contribution in [3.63, 3.8) is 0 Å². The summed E-state index contributed by atoms with van der Waals surface area (Å²) in [5.74, 6) is 1.26. The molecule has 0 unspecified atom stereocenters. The normalized spacial score (nSPS) is 12.5. The third-order valence-electron chi connectivity index (χ3n) is 5.96. The molecule has 2 heterocycles. The van der Waals surface area contributed by atoms with Crippen molar-refractivity contribution in [3.05, 3.63) is 84.9 Å². The maximum atomic E-state index is 12.5. The number of nitriles is 1. The molecule has 35 heavy (non-hydrogen) atoms. The van der Waals surface area contributed by atoms with Crippen LogP contribution in [0.15, 0.2) is 84.9 Å². The number of nitrogens with zero attached hydrogens (tertiary/aromatic N) is 3. The summed E-state index contributed by atoms with van der Waals surface area (Å²) >= 11 is 0. The van der Waals surface area contributed by atoms with Gasteiger partial charge < -0.3 is 14.4 Å². The molecule has 6 heteroatoms. The van der Waals surface area contributed by atoms with Gasteiger partial charge in [-0.15, -0.1) is 0 Å². The van der Waals surface area contributed by atoms with Crippen molar-refractivity contribution in [3.8, 4) is 51.2 Å². The third-order valence-corrected chi connectivity index (χ3v) is 5.96. The highest BCUT2D eigenvalue weighted by Crippen LogP contribution is 2.37. The molecule has 5 rings (SSSR count). The van der Waals surface area contributed by atoms with Gasteiger partial charge in [0, 0.05) is 17.7 Å². The Morgan fingerprint density at radius 3 is 2.34 bits per heavy atom. The number of fused-ring (bicyclic) bond motifs is 1. The average Bonchev–Trinajstić information content (AvgIpc) is 2.92. The van der Waals surface area contributed by atoms with Crippen LogP contribution in [0.25, 0.3) is 33.6 Å². The molecule has 1 aromatic heterocycles. The van der Waals surface area contributed by atoms with E-state index in [1.165, 1.54) is 0 Å². The summed E-state index contributed by atoms with van der Waals surface area (Å²) in [6.07, 6.45) is 0.249. The maximum absolute atomic E-state index is 12.5. The Kier molecular flexibility index (Phi) is 6.15. The minimum absolute atomic E-state index is 0.0267. The van der Waals surface area contributed by atoms with E-state index in [4.69, 9.17) is 19.7 Å². The van der Waals surface area contributed by atoms with Crippen LogP contribution in [0.5, 0.6) is 11.5 Å². The summed E-state index contributed by atoms with van der Waals surface area (Å²) < 4.78 is 11.0. The number of methoxy groups -OCH3 is 1. The highest BCUT2D eigenvalue weighted by atomic mass is 16.5. The molecule has 3 aromatic carbocycles. The van der Waals surface area contributed by atoms with Crippen molar-refractivity contribution >= 4 is 11.6 Å². The van der Waals surface area contributed by atoms with Crippen LogP contribution in [-0.4, -0.2) is 31.2 Å². The van der Waals surface area contributed by atoms with Gasteiger partial charge in [0.25, 0.3) is 5.91 Å². The Bertz CT molecular complexity index is 1410. The molecule has 0 saturated carbocycles. The van der Waals surface area contributed by atoms with E-state index >= 15 is 0 Å². The van der Waals surface area contributed by atoms with Crippen LogP contribution in [0.4, 0.5) is 5.69 Å². The Morgan fingerprint density at radius 2 is 1.63 bits per heavy atom. The summed E-state index contributed by atoms with van der Waals surface area (Å²) in [6, 6.07) is 29.9. The first-order valence-corrected chi connectivity index (χ1v) is 11.3. The number of rotatable bonds is 6. The molecule has 0 N–H and O–H groups in total. The lowest BCUT2D eigenvalue weighted by Crippen LogP contribution is -2.39. The lowest BCUT2D eigenvalue weighted by Gasteiger charge is -2.29. The summed E-state index contributed by atoms with van der Waals surface area (Å²) in [4.78, 5) is 19.1. The molecule has 0 radical (unpaired) electrons. The van der Waals surface area contributed by atoms with Gasteiger partial charge in [0.15, 0.2) is 6.61 Å². The molecule has 0 spiro atoms. The fourth-order valence-electron chi connectivity index (χ4n) is 4.15. The monoisotopic (exact) mass is 461 g/mol. The van der Waals surface area contributed by atoms with Crippen LogP contribution in [-0.2, 0) is 4.79 Å². The van der Waals surface area contributed by atoms with E-state index in [1.54, 1.807) is 12.0 Å². The number of anilines is 1. The standard InChI is InChI=1S/C29H23N3O3/c1-34-24-11-8-20(9-12-24)23-16-25(21-6-3-2-4-7-21)31-26(17-23)22-10-13-28-27(18-22)32(15-5-14-30)29(33)19-35-28/h2-4,6-13,16-18H,5,15,19H2,1H3. The van der Waals surface area contributed by atoms with Gasteiger partial charge in [0.05, 0.1) is 36.7 Å². The van der Waals surface area contributed by atoms with Crippen LogP contribution in [0.3, 0.4) is 0 Å². The topological polar surface area (TPSA) is 75.5 Å². The average molecular weight is 462 g/mol. The van der Waals surface area contributed by atoms with Gasteiger partial charge in [0.1, 0.15) is 11.5 Å². The zero-order valence-electron chi connectivity index (χ0n) is 19.3. The number of hydrogen-bond acceptors (Lipinski definition) is 5. The van der Waals surface area contributed by atoms with Crippen LogP contribution < -0.4 is 14.4 Å². The zero-order chi connectivity index (χ0) is 24.2. The molecular formula is C29H23N3O3. The Morgan fingerprint density at radius 1 is 0.914 bits per heavy atom. The molecule has 172 valence electrons. The van der Waals surface area contributed by atoms with Gasteiger partial charge >= 0.3 is 0 Å². The second kappa shape index (κ2) is 9.70. The van der Waals surface area contributed by atoms with Crippen molar-refractivity contribution in [1.29, 1.82) is 5.26 Å². The summed E-state index contributed by atoms with van der Waals surface area (Å²) in [5.41, 5.74) is 6.21. The van der Waals surface area contributed by atoms with Gasteiger partial charge in [-0.3, -0.25) is 4.79 Å². The van der Waals surface area contributed by atoms with Crippen molar-refractivity contribution < 1.29 is 14.3 Å². The number of amides is 1. The number of carbonyl (C=O) groups is 1. The lowest BCUT2D eigenvalue weighted by molar-refractivity contribution is -0.121. The van der Waals surface area contributed by atoms with Gasteiger partial charge in [-0.05, 0) is 53.6 Å². The van der Waals surface area contributed by atoms with Gasteiger partial charge in [-0.25, -0.2) is 4.98 Å². The van der Waals surface area contributed by atoms with Crippen LogP contribution >= 0.6 is 0 Å². The molecule has 6 nitrogen and oxygen atoms in total. The number of hydrogen-bond donors (Lipinski definition) is 0. The summed E-state index contributed by atoms with van der Waals surface area (Å²) in [7, 11) is 1.65. The number of carbonyl (C=O) groups excluding carboxylic acids is 1. The number of ether oxygens (including phenoxy) is 2. The second-order valence-corrected chi connectivity index (χ2v) is 8.15. The number of benzene rings is 3. The predicted molar refractivity (Wildman–Crippen MR) is 135 cm³/mol. The summed E-state index contributed by atoms with van der Waals surface area (Å²) in [5, 5.41) is 9.04. The van der Waals surface area contributed by atoms with E-state index < -0.39 is 0 Å². The highest BCUT2D eigenvalue weighted by Gasteiger charge is 2.26. The van der Waals surface area contributed by atoms with Crippen molar-refractivity contribution in [2.45, 2.75) is 6.42 Å². The third kappa shape index (κ3) is 4.57. The molecule has 1 aliphatic heterocycles. The molecular weight excluding hydrogens is 438 g/mol.